The molecule has 0 aliphatic rings. The highest BCUT2D eigenvalue weighted by Gasteiger charge is 2.12. The molecule has 2 rings (SSSR count). The second-order valence-corrected chi connectivity index (χ2v) is 5.93. The van der Waals surface area contributed by atoms with Gasteiger partial charge in [-0.05, 0) is 44.5 Å². The molecular formula is C17H24N4O. The molecule has 1 atom stereocenters. The van der Waals surface area contributed by atoms with E-state index in [2.05, 4.69) is 17.3 Å². The number of nitrogens with one attached hydrogen (secondary N) is 1. The standard InChI is InChI=1S/C17H24N4O/c1-12-6-7-15(11-16(12)20(4)5)18-17(22)10-14(3)21-9-8-13(2)19-21/h6-9,11,14H,10H2,1-5H3,(H,18,22)/t14-/m0/s1. The number of anilines is 2. The van der Waals surface area contributed by atoms with Crippen LogP contribution in [0.1, 0.15) is 30.6 Å². The zero-order valence-corrected chi connectivity index (χ0v) is 13.9. The van der Waals surface area contributed by atoms with Crippen molar-refractivity contribution in [1.29, 1.82) is 0 Å². The van der Waals surface area contributed by atoms with E-state index in [9.17, 15) is 4.79 Å². The predicted molar refractivity (Wildman–Crippen MR) is 90.4 cm³/mol. The Balaban J connectivity index is 2.01. The van der Waals surface area contributed by atoms with Crippen LogP contribution >= 0.6 is 0 Å². The summed E-state index contributed by atoms with van der Waals surface area (Å²) in [5.41, 5.74) is 4.07. The average Bonchev–Trinajstić information content (AvgIpc) is 2.87. The van der Waals surface area contributed by atoms with Gasteiger partial charge in [-0.3, -0.25) is 9.48 Å². The molecule has 2 aromatic rings. The average molecular weight is 300 g/mol. The number of hydrogen-bond acceptors (Lipinski definition) is 3. The zero-order chi connectivity index (χ0) is 16.3. The number of carbonyl (C=O) groups excluding carboxylic acids is 1. The Morgan fingerprint density at radius 1 is 1.32 bits per heavy atom. The van der Waals surface area contributed by atoms with Gasteiger partial charge in [-0.2, -0.15) is 5.10 Å². The molecular weight excluding hydrogens is 276 g/mol. The van der Waals surface area contributed by atoms with Crippen LogP contribution in [0.25, 0.3) is 0 Å². The molecule has 0 fully saturated rings. The first-order chi connectivity index (χ1) is 10.4. The topological polar surface area (TPSA) is 50.2 Å². The van der Waals surface area contributed by atoms with Gasteiger partial charge >= 0.3 is 0 Å². The molecule has 0 spiro atoms. The Labute approximate surface area is 131 Å². The molecule has 1 N–H and O–H groups in total. The van der Waals surface area contributed by atoms with Gasteiger partial charge in [0.1, 0.15) is 0 Å². The summed E-state index contributed by atoms with van der Waals surface area (Å²) in [6.45, 7) is 5.99. The molecule has 1 amide bonds. The summed E-state index contributed by atoms with van der Waals surface area (Å²) < 4.78 is 1.83. The summed E-state index contributed by atoms with van der Waals surface area (Å²) in [6, 6.07) is 7.93. The molecule has 0 aliphatic carbocycles. The SMILES string of the molecule is Cc1ccn([C@@H](C)CC(=O)Nc2ccc(C)c(N(C)C)c2)n1. The Morgan fingerprint density at radius 3 is 2.64 bits per heavy atom. The summed E-state index contributed by atoms with van der Waals surface area (Å²) in [4.78, 5) is 14.2. The van der Waals surface area contributed by atoms with Crippen molar-refractivity contribution in [3.63, 3.8) is 0 Å². The van der Waals surface area contributed by atoms with Gasteiger partial charge in [0.2, 0.25) is 5.91 Å². The van der Waals surface area contributed by atoms with Crippen molar-refractivity contribution in [2.45, 2.75) is 33.2 Å². The van der Waals surface area contributed by atoms with Crippen LogP contribution < -0.4 is 10.2 Å². The van der Waals surface area contributed by atoms with Crippen LogP contribution in [0, 0.1) is 13.8 Å². The van der Waals surface area contributed by atoms with Crippen molar-refractivity contribution in [3.05, 3.63) is 41.7 Å². The smallest absolute Gasteiger partial charge is 0.226 e. The van der Waals surface area contributed by atoms with E-state index in [1.807, 2.05) is 68.0 Å². The van der Waals surface area contributed by atoms with E-state index in [-0.39, 0.29) is 11.9 Å². The number of carbonyl (C=O) groups is 1. The second kappa shape index (κ2) is 6.64. The number of nitrogens with zero attached hydrogens (tertiary/aromatic N) is 3. The Bertz CT molecular complexity index is 660. The third-order valence-corrected chi connectivity index (χ3v) is 3.65. The highest BCUT2D eigenvalue weighted by atomic mass is 16.1. The molecule has 0 unspecified atom stereocenters. The molecule has 118 valence electrons. The first-order valence-corrected chi connectivity index (χ1v) is 7.46. The van der Waals surface area contributed by atoms with Crippen LogP contribution in [-0.4, -0.2) is 29.8 Å². The van der Waals surface area contributed by atoms with Crippen molar-refractivity contribution >= 4 is 17.3 Å². The molecule has 1 aromatic carbocycles. The second-order valence-electron chi connectivity index (χ2n) is 5.93. The molecule has 22 heavy (non-hydrogen) atoms. The fourth-order valence-corrected chi connectivity index (χ4v) is 2.42. The molecule has 0 saturated heterocycles. The maximum atomic E-state index is 12.2. The first kappa shape index (κ1) is 16.1. The van der Waals surface area contributed by atoms with Crippen LogP contribution in [-0.2, 0) is 4.79 Å². The van der Waals surface area contributed by atoms with Gasteiger partial charge in [-0.1, -0.05) is 6.07 Å². The fourth-order valence-electron chi connectivity index (χ4n) is 2.42. The number of amides is 1. The summed E-state index contributed by atoms with van der Waals surface area (Å²) in [6.07, 6.45) is 2.30. The van der Waals surface area contributed by atoms with E-state index < -0.39 is 0 Å². The van der Waals surface area contributed by atoms with Crippen LogP contribution in [0.3, 0.4) is 0 Å². The lowest BCUT2D eigenvalue weighted by atomic mass is 10.1. The normalized spacial score (nSPS) is 12.0. The molecule has 5 nitrogen and oxygen atoms in total. The number of hydrogen-bond donors (Lipinski definition) is 1. The predicted octanol–water partition coefficient (Wildman–Crippen LogP) is 3.16. The van der Waals surface area contributed by atoms with Crippen molar-refractivity contribution in [1.82, 2.24) is 9.78 Å². The van der Waals surface area contributed by atoms with Gasteiger partial charge < -0.3 is 10.2 Å². The van der Waals surface area contributed by atoms with E-state index in [0.717, 1.165) is 17.1 Å². The van der Waals surface area contributed by atoms with Crippen LogP contribution in [0.5, 0.6) is 0 Å². The van der Waals surface area contributed by atoms with Crippen molar-refractivity contribution in [2.24, 2.45) is 0 Å². The van der Waals surface area contributed by atoms with Crippen LogP contribution in [0.2, 0.25) is 0 Å². The minimum atomic E-state index is -0.00536. The van der Waals surface area contributed by atoms with Crippen LogP contribution in [0.15, 0.2) is 30.5 Å². The largest absolute Gasteiger partial charge is 0.377 e. The van der Waals surface area contributed by atoms with Crippen molar-refractivity contribution in [3.8, 4) is 0 Å². The molecule has 0 bridgehead atoms. The lowest BCUT2D eigenvalue weighted by Gasteiger charge is -2.18. The Hall–Kier alpha value is -2.30. The Morgan fingerprint density at radius 2 is 2.05 bits per heavy atom. The van der Waals surface area contributed by atoms with Crippen LogP contribution in [0.4, 0.5) is 11.4 Å². The third-order valence-electron chi connectivity index (χ3n) is 3.65. The van der Waals surface area contributed by atoms with E-state index in [1.165, 1.54) is 5.56 Å². The summed E-state index contributed by atoms with van der Waals surface area (Å²) in [7, 11) is 3.99. The van der Waals surface area contributed by atoms with E-state index in [1.54, 1.807) is 0 Å². The van der Waals surface area contributed by atoms with E-state index in [0.29, 0.717) is 6.42 Å². The quantitative estimate of drug-likeness (QED) is 0.923. The maximum absolute atomic E-state index is 12.2. The highest BCUT2D eigenvalue weighted by Crippen LogP contribution is 2.23. The minimum absolute atomic E-state index is 0.00536. The highest BCUT2D eigenvalue weighted by molar-refractivity contribution is 5.91. The van der Waals surface area contributed by atoms with Gasteiger partial charge in [-0.15, -0.1) is 0 Å². The first-order valence-electron chi connectivity index (χ1n) is 7.46. The molecule has 1 heterocycles. The molecule has 1 aromatic heterocycles. The fraction of sp³-hybridized carbons (Fsp3) is 0.412. The van der Waals surface area contributed by atoms with Crippen molar-refractivity contribution < 1.29 is 4.79 Å². The third kappa shape index (κ3) is 3.87. The zero-order valence-electron chi connectivity index (χ0n) is 13.9. The van der Waals surface area contributed by atoms with E-state index in [4.69, 9.17) is 0 Å². The van der Waals surface area contributed by atoms with Crippen molar-refractivity contribution in [2.75, 3.05) is 24.3 Å². The summed E-state index contributed by atoms with van der Waals surface area (Å²) in [5, 5.41) is 7.31. The monoisotopic (exact) mass is 300 g/mol. The summed E-state index contributed by atoms with van der Waals surface area (Å²) in [5.74, 6) is -0.00536. The number of aromatic nitrogens is 2. The number of benzene rings is 1. The molecule has 0 radical (unpaired) electrons. The van der Waals surface area contributed by atoms with Gasteiger partial charge in [0, 0.05) is 38.1 Å². The number of rotatable bonds is 5. The van der Waals surface area contributed by atoms with Gasteiger partial charge in [0.25, 0.3) is 0 Å². The lowest BCUT2D eigenvalue weighted by molar-refractivity contribution is -0.116. The lowest BCUT2D eigenvalue weighted by Crippen LogP contribution is -2.18. The van der Waals surface area contributed by atoms with Gasteiger partial charge in [-0.25, -0.2) is 0 Å². The van der Waals surface area contributed by atoms with Gasteiger partial charge in [0.15, 0.2) is 0 Å². The molecule has 5 heteroatoms. The van der Waals surface area contributed by atoms with Gasteiger partial charge in [0.05, 0.1) is 11.7 Å². The molecule has 0 aliphatic heterocycles. The minimum Gasteiger partial charge on any atom is -0.377 e. The van der Waals surface area contributed by atoms with E-state index >= 15 is 0 Å². The Kier molecular flexibility index (Phi) is 4.85. The summed E-state index contributed by atoms with van der Waals surface area (Å²) >= 11 is 0. The maximum Gasteiger partial charge on any atom is 0.226 e. The molecule has 0 saturated carbocycles. The number of aryl methyl sites for hydroxylation is 2.